The number of hydrogen-bond acceptors (Lipinski definition) is 4. The molecule has 0 spiro atoms. The van der Waals surface area contributed by atoms with Gasteiger partial charge in [0.2, 0.25) is 0 Å². The fraction of sp³-hybridized carbons (Fsp3) is 0.0455. The third-order valence-electron chi connectivity index (χ3n) is 9.29. The first-order chi connectivity index (χ1) is 24.1. The summed E-state index contributed by atoms with van der Waals surface area (Å²) in [7, 11) is 0. The highest BCUT2D eigenvalue weighted by Crippen LogP contribution is 2.40. The zero-order chi connectivity index (χ0) is 32.9. The van der Waals surface area contributed by atoms with Gasteiger partial charge in [-0.2, -0.15) is 0 Å². The molecular weight excluding hydrogens is 599 g/mol. The molecule has 9 aromatic rings. The van der Waals surface area contributed by atoms with Gasteiger partial charge in [-0.05, 0) is 102 Å². The van der Waals surface area contributed by atoms with Crippen molar-refractivity contribution in [2.75, 3.05) is 0 Å². The molecule has 0 unspecified atom stereocenters. The lowest BCUT2D eigenvalue weighted by Gasteiger charge is -2.15. The van der Waals surface area contributed by atoms with Gasteiger partial charge in [0, 0.05) is 57.4 Å². The Bertz CT molecular complexity index is 2690. The van der Waals surface area contributed by atoms with Gasteiger partial charge in [-0.1, -0.05) is 72.8 Å². The van der Waals surface area contributed by atoms with Crippen molar-refractivity contribution in [3.05, 3.63) is 163 Å². The molecule has 4 aromatic carbocycles. The van der Waals surface area contributed by atoms with E-state index in [9.17, 15) is 0 Å². The smallest absolute Gasteiger partial charge is 0.137 e. The minimum atomic E-state index is 0.901. The van der Waals surface area contributed by atoms with Gasteiger partial charge in [0.15, 0.2) is 0 Å². The lowest BCUT2D eigenvalue weighted by atomic mass is 9.90. The Morgan fingerprint density at radius 1 is 0.490 bits per heavy atom. The molecule has 0 amide bonds. The lowest BCUT2D eigenvalue weighted by Crippen LogP contribution is -1.93. The summed E-state index contributed by atoms with van der Waals surface area (Å²) in [6.07, 6.45) is 5.77. The third kappa shape index (κ3) is 5.04. The van der Waals surface area contributed by atoms with Crippen LogP contribution < -0.4 is 0 Å². The molecule has 5 nitrogen and oxygen atoms in total. The van der Waals surface area contributed by atoms with E-state index in [0.29, 0.717) is 0 Å². The molecule has 0 aliphatic heterocycles. The van der Waals surface area contributed by atoms with Crippen LogP contribution in [-0.2, 0) is 0 Å². The summed E-state index contributed by atoms with van der Waals surface area (Å²) in [4.78, 5) is 19.5. The van der Waals surface area contributed by atoms with E-state index in [1.165, 1.54) is 0 Å². The molecule has 5 aromatic heterocycles. The number of nitrogens with zero attached hydrogens (tertiary/aromatic N) is 5. The maximum absolute atomic E-state index is 5.15. The van der Waals surface area contributed by atoms with E-state index in [0.717, 1.165) is 94.7 Å². The van der Waals surface area contributed by atoms with Gasteiger partial charge in [0.25, 0.3) is 0 Å². The highest BCUT2D eigenvalue weighted by Gasteiger charge is 2.18. The van der Waals surface area contributed by atoms with E-state index in [2.05, 4.69) is 127 Å². The van der Waals surface area contributed by atoms with Crippen molar-refractivity contribution >= 4 is 27.5 Å². The Morgan fingerprint density at radius 3 is 2.06 bits per heavy atom. The summed E-state index contributed by atoms with van der Waals surface area (Å²) in [6.45, 7) is 4.13. The van der Waals surface area contributed by atoms with Crippen molar-refractivity contribution in [3.63, 3.8) is 0 Å². The van der Waals surface area contributed by atoms with E-state index < -0.39 is 0 Å². The third-order valence-corrected chi connectivity index (χ3v) is 9.29. The van der Waals surface area contributed by atoms with Crippen LogP contribution in [0.1, 0.15) is 11.4 Å². The number of fused-ring (bicyclic) bond motifs is 4. The van der Waals surface area contributed by atoms with Crippen LogP contribution in [0.2, 0.25) is 0 Å². The van der Waals surface area contributed by atoms with Crippen LogP contribution in [0.4, 0.5) is 0 Å². The number of benzene rings is 4. The average Bonchev–Trinajstić information content (AvgIpc) is 3.55. The second kappa shape index (κ2) is 11.7. The molecule has 0 saturated heterocycles. The molecule has 0 aliphatic carbocycles. The summed E-state index contributed by atoms with van der Waals surface area (Å²) in [5.41, 5.74) is 15.6. The maximum atomic E-state index is 5.15. The molecule has 0 N–H and O–H groups in total. The Hall–Kier alpha value is -6.46. The van der Waals surface area contributed by atoms with E-state index in [4.69, 9.17) is 19.9 Å². The average molecular weight is 630 g/mol. The Labute approximate surface area is 284 Å². The molecule has 49 heavy (non-hydrogen) atoms. The van der Waals surface area contributed by atoms with Crippen LogP contribution in [0, 0.1) is 13.8 Å². The van der Waals surface area contributed by atoms with Gasteiger partial charge in [-0.15, -0.1) is 0 Å². The SMILES string of the molecule is Cc1ccc(-c2cc(-c3cccc(-c4nc5ccccn5c4-c4ccccc4)c3)cc(-c3cc4cccnc4c4ncccc34)c2)c(C)n1. The molecule has 0 bridgehead atoms. The topological polar surface area (TPSA) is 56.0 Å². The largest absolute Gasteiger partial charge is 0.299 e. The van der Waals surface area contributed by atoms with Gasteiger partial charge in [0.1, 0.15) is 5.65 Å². The standard InChI is InChI=1S/C44H31N5/c1-28-18-19-37(29(2)47-28)35-24-34(25-36(26-35)39-27-33-15-9-20-45-41(33)43-38(39)16-10-21-46-43)31-13-8-14-32(23-31)42-44(30-11-4-3-5-12-30)49-22-7-6-17-40(49)48-42/h3-27H,1-2H3. The van der Waals surface area contributed by atoms with Gasteiger partial charge in [0.05, 0.1) is 22.4 Å². The van der Waals surface area contributed by atoms with E-state index in [1.54, 1.807) is 0 Å². The van der Waals surface area contributed by atoms with Crippen molar-refractivity contribution in [3.8, 4) is 55.9 Å². The monoisotopic (exact) mass is 629 g/mol. The second-order valence-electron chi connectivity index (χ2n) is 12.5. The summed E-state index contributed by atoms with van der Waals surface area (Å²) in [5.74, 6) is 0. The number of aryl methyl sites for hydroxylation is 2. The number of imidazole rings is 1. The van der Waals surface area contributed by atoms with Crippen LogP contribution in [0.3, 0.4) is 0 Å². The van der Waals surface area contributed by atoms with Crippen molar-refractivity contribution in [1.29, 1.82) is 0 Å². The molecule has 5 heterocycles. The molecule has 5 heteroatoms. The Balaban J connectivity index is 1.28. The molecule has 232 valence electrons. The fourth-order valence-corrected chi connectivity index (χ4v) is 7.03. The zero-order valence-corrected chi connectivity index (χ0v) is 27.2. The molecule has 9 rings (SSSR count). The summed E-state index contributed by atoms with van der Waals surface area (Å²) >= 11 is 0. The maximum Gasteiger partial charge on any atom is 0.137 e. The molecule has 0 fully saturated rings. The van der Waals surface area contributed by atoms with Crippen LogP contribution in [0.15, 0.2) is 152 Å². The van der Waals surface area contributed by atoms with Crippen molar-refractivity contribution in [1.82, 2.24) is 24.3 Å². The van der Waals surface area contributed by atoms with E-state index in [-0.39, 0.29) is 0 Å². The number of aromatic nitrogens is 5. The first kappa shape index (κ1) is 28.7. The van der Waals surface area contributed by atoms with E-state index in [1.807, 2.05) is 43.6 Å². The molecule has 0 radical (unpaired) electrons. The van der Waals surface area contributed by atoms with Crippen LogP contribution in [-0.4, -0.2) is 24.3 Å². The van der Waals surface area contributed by atoms with Gasteiger partial charge >= 0.3 is 0 Å². The first-order valence-corrected chi connectivity index (χ1v) is 16.5. The second-order valence-corrected chi connectivity index (χ2v) is 12.5. The summed E-state index contributed by atoms with van der Waals surface area (Å²) in [6, 6.07) is 47.0. The summed E-state index contributed by atoms with van der Waals surface area (Å²) < 4.78 is 2.18. The van der Waals surface area contributed by atoms with Gasteiger partial charge in [-0.25, -0.2) is 4.98 Å². The van der Waals surface area contributed by atoms with Gasteiger partial charge in [-0.3, -0.25) is 19.4 Å². The minimum absolute atomic E-state index is 0.901. The molecular formula is C44H31N5. The summed E-state index contributed by atoms with van der Waals surface area (Å²) in [5, 5.41) is 2.13. The Morgan fingerprint density at radius 2 is 1.20 bits per heavy atom. The lowest BCUT2D eigenvalue weighted by molar-refractivity contribution is 1.13. The first-order valence-electron chi connectivity index (χ1n) is 16.5. The van der Waals surface area contributed by atoms with E-state index >= 15 is 0 Å². The predicted molar refractivity (Wildman–Crippen MR) is 200 cm³/mol. The van der Waals surface area contributed by atoms with Crippen molar-refractivity contribution in [2.45, 2.75) is 13.8 Å². The zero-order valence-electron chi connectivity index (χ0n) is 27.2. The number of pyridine rings is 4. The van der Waals surface area contributed by atoms with Crippen LogP contribution in [0.5, 0.6) is 0 Å². The minimum Gasteiger partial charge on any atom is -0.299 e. The number of hydrogen-bond donors (Lipinski definition) is 0. The van der Waals surface area contributed by atoms with Crippen LogP contribution >= 0.6 is 0 Å². The predicted octanol–water partition coefficient (Wildman–Crippen LogP) is 10.8. The molecule has 0 aliphatic rings. The van der Waals surface area contributed by atoms with Crippen molar-refractivity contribution in [2.24, 2.45) is 0 Å². The quantitative estimate of drug-likeness (QED) is 0.178. The Kier molecular flexibility index (Phi) is 6.83. The van der Waals surface area contributed by atoms with Crippen LogP contribution in [0.25, 0.3) is 83.3 Å². The normalized spacial score (nSPS) is 11.5. The van der Waals surface area contributed by atoms with Crippen molar-refractivity contribution < 1.29 is 0 Å². The fourth-order valence-electron chi connectivity index (χ4n) is 7.03. The highest BCUT2D eigenvalue weighted by molar-refractivity contribution is 6.10. The molecule has 0 atom stereocenters. The highest BCUT2D eigenvalue weighted by atomic mass is 15.0. The van der Waals surface area contributed by atoms with Gasteiger partial charge < -0.3 is 0 Å². The number of rotatable bonds is 5. The molecule has 0 saturated carbocycles.